The zero-order valence-corrected chi connectivity index (χ0v) is 28.5. The molecule has 43 heavy (non-hydrogen) atoms. The second kappa shape index (κ2) is 36.5. The molecular formula is C39H70O4. The summed E-state index contributed by atoms with van der Waals surface area (Å²) in [6, 6.07) is 0. The van der Waals surface area contributed by atoms with Crippen LogP contribution in [-0.4, -0.2) is 37.0 Å². The predicted octanol–water partition coefficient (Wildman–Crippen LogP) is 11.5. The number of hydrogen-bond acceptors (Lipinski definition) is 4. The molecule has 0 aliphatic rings. The van der Waals surface area contributed by atoms with Gasteiger partial charge in [0, 0.05) is 13.0 Å². The molecule has 0 fully saturated rings. The Morgan fingerprint density at radius 3 is 1.58 bits per heavy atom. The molecule has 0 aromatic heterocycles. The first kappa shape index (κ1) is 41.4. The van der Waals surface area contributed by atoms with Crippen LogP contribution in [0.1, 0.15) is 168 Å². The second-order valence-electron chi connectivity index (χ2n) is 11.9. The van der Waals surface area contributed by atoms with E-state index in [-0.39, 0.29) is 12.6 Å². The molecule has 0 aromatic carbocycles. The van der Waals surface area contributed by atoms with Crippen LogP contribution in [-0.2, 0) is 14.3 Å². The molecule has 1 unspecified atom stereocenters. The van der Waals surface area contributed by atoms with Gasteiger partial charge in [0.15, 0.2) is 0 Å². The van der Waals surface area contributed by atoms with Crippen LogP contribution < -0.4 is 0 Å². The van der Waals surface area contributed by atoms with Gasteiger partial charge in [-0.25, -0.2) is 0 Å². The summed E-state index contributed by atoms with van der Waals surface area (Å²) in [5.41, 5.74) is 0. The molecular weight excluding hydrogens is 532 g/mol. The molecule has 0 bridgehead atoms. The van der Waals surface area contributed by atoms with E-state index in [4.69, 9.17) is 9.47 Å². The number of hydrogen-bond donors (Lipinski definition) is 1. The molecule has 0 heterocycles. The summed E-state index contributed by atoms with van der Waals surface area (Å²) >= 11 is 0. The van der Waals surface area contributed by atoms with Crippen molar-refractivity contribution in [1.29, 1.82) is 0 Å². The number of aliphatic hydroxyl groups excluding tert-OH is 1. The van der Waals surface area contributed by atoms with Crippen molar-refractivity contribution in [2.45, 2.75) is 174 Å². The minimum atomic E-state index is -0.532. The van der Waals surface area contributed by atoms with Crippen LogP contribution in [0.4, 0.5) is 0 Å². The summed E-state index contributed by atoms with van der Waals surface area (Å²) in [6.45, 7) is 5.21. The molecule has 0 saturated carbocycles. The average molecular weight is 603 g/mol. The van der Waals surface area contributed by atoms with Crippen molar-refractivity contribution in [2.75, 3.05) is 19.8 Å². The number of ether oxygens (including phenoxy) is 2. The Hall–Kier alpha value is -1.65. The van der Waals surface area contributed by atoms with E-state index < -0.39 is 6.10 Å². The van der Waals surface area contributed by atoms with Crippen molar-refractivity contribution < 1.29 is 19.4 Å². The Morgan fingerprint density at radius 1 is 0.581 bits per heavy atom. The highest BCUT2D eigenvalue weighted by atomic mass is 16.6. The molecule has 0 rings (SSSR count). The van der Waals surface area contributed by atoms with E-state index >= 15 is 0 Å². The average Bonchev–Trinajstić information content (AvgIpc) is 3.01. The number of carbonyl (C=O) groups excluding carboxylic acids is 1. The summed E-state index contributed by atoms with van der Waals surface area (Å²) in [5, 5.41) is 9.51. The molecule has 0 aliphatic carbocycles. The van der Waals surface area contributed by atoms with Gasteiger partial charge < -0.3 is 14.6 Å². The molecule has 0 aliphatic heterocycles. The minimum Gasteiger partial charge on any atom is -0.457 e. The minimum absolute atomic E-state index is 0.173. The van der Waals surface area contributed by atoms with E-state index in [1.54, 1.807) is 0 Å². The molecule has 4 nitrogen and oxygen atoms in total. The van der Waals surface area contributed by atoms with Crippen molar-refractivity contribution in [1.82, 2.24) is 0 Å². The zero-order valence-electron chi connectivity index (χ0n) is 28.5. The molecule has 0 saturated heterocycles. The fraction of sp³-hybridized carbons (Fsp3) is 0.769. The smallest absolute Gasteiger partial charge is 0.306 e. The molecule has 0 amide bonds. The fourth-order valence-electron chi connectivity index (χ4n) is 4.96. The first-order chi connectivity index (χ1) is 21.2. The van der Waals surface area contributed by atoms with Crippen molar-refractivity contribution in [3.63, 3.8) is 0 Å². The lowest BCUT2D eigenvalue weighted by Crippen LogP contribution is -2.27. The largest absolute Gasteiger partial charge is 0.457 e. The number of carbonyl (C=O) groups is 1. The van der Waals surface area contributed by atoms with Crippen LogP contribution >= 0.6 is 0 Å². The zero-order chi connectivity index (χ0) is 31.3. The second-order valence-corrected chi connectivity index (χ2v) is 11.9. The van der Waals surface area contributed by atoms with Gasteiger partial charge in [-0.3, -0.25) is 4.79 Å². The van der Waals surface area contributed by atoms with Crippen LogP contribution in [0.3, 0.4) is 0 Å². The van der Waals surface area contributed by atoms with Crippen LogP contribution in [0, 0.1) is 0 Å². The van der Waals surface area contributed by atoms with Gasteiger partial charge in [-0.05, 0) is 51.4 Å². The van der Waals surface area contributed by atoms with E-state index in [9.17, 15) is 9.90 Å². The summed E-state index contributed by atoms with van der Waals surface area (Å²) in [6.07, 6.45) is 45.8. The lowest BCUT2D eigenvalue weighted by atomic mass is 10.0. The Bertz CT molecular complexity index is 679. The van der Waals surface area contributed by atoms with Crippen molar-refractivity contribution in [3.8, 4) is 0 Å². The Labute approximate surface area is 267 Å². The maximum Gasteiger partial charge on any atom is 0.306 e. The highest BCUT2D eigenvalue weighted by Gasteiger charge is 2.13. The quantitative estimate of drug-likeness (QED) is 0.0461. The molecule has 0 spiro atoms. The van der Waals surface area contributed by atoms with Gasteiger partial charge in [-0.15, -0.1) is 0 Å². The monoisotopic (exact) mass is 603 g/mol. The maximum atomic E-state index is 12.1. The number of esters is 1. The third-order valence-corrected chi connectivity index (χ3v) is 7.67. The molecule has 0 aromatic rings. The summed E-state index contributed by atoms with van der Waals surface area (Å²) < 4.78 is 11.0. The van der Waals surface area contributed by atoms with Gasteiger partial charge in [0.05, 0.1) is 13.2 Å². The third-order valence-electron chi connectivity index (χ3n) is 7.67. The van der Waals surface area contributed by atoms with Crippen molar-refractivity contribution in [3.05, 3.63) is 48.6 Å². The predicted molar refractivity (Wildman–Crippen MR) is 187 cm³/mol. The van der Waals surface area contributed by atoms with Gasteiger partial charge in [-0.2, -0.15) is 0 Å². The fourth-order valence-corrected chi connectivity index (χ4v) is 4.96. The third kappa shape index (κ3) is 34.7. The Balaban J connectivity index is 3.44. The van der Waals surface area contributed by atoms with Crippen LogP contribution in [0.5, 0.6) is 0 Å². The van der Waals surface area contributed by atoms with Gasteiger partial charge >= 0.3 is 5.97 Å². The van der Waals surface area contributed by atoms with Crippen molar-refractivity contribution in [2.24, 2.45) is 0 Å². The summed E-state index contributed by atoms with van der Waals surface area (Å²) in [7, 11) is 0. The number of allylic oxidation sites excluding steroid dienone is 8. The van der Waals surface area contributed by atoms with Crippen LogP contribution in [0.2, 0.25) is 0 Å². The van der Waals surface area contributed by atoms with E-state index in [1.807, 2.05) is 0 Å². The summed E-state index contributed by atoms with van der Waals surface area (Å²) in [4.78, 5) is 12.1. The summed E-state index contributed by atoms with van der Waals surface area (Å²) in [5.74, 6) is -0.208. The van der Waals surface area contributed by atoms with Gasteiger partial charge in [0.1, 0.15) is 6.10 Å². The lowest BCUT2D eigenvalue weighted by Gasteiger charge is -2.16. The first-order valence-corrected chi connectivity index (χ1v) is 18.2. The topological polar surface area (TPSA) is 55.8 Å². The van der Waals surface area contributed by atoms with Crippen LogP contribution in [0.25, 0.3) is 0 Å². The van der Waals surface area contributed by atoms with E-state index in [2.05, 4.69) is 62.5 Å². The number of rotatable bonds is 33. The Morgan fingerprint density at radius 2 is 1.05 bits per heavy atom. The van der Waals surface area contributed by atoms with Crippen LogP contribution in [0.15, 0.2) is 48.6 Å². The van der Waals surface area contributed by atoms with Gasteiger partial charge in [0.25, 0.3) is 0 Å². The van der Waals surface area contributed by atoms with Crippen molar-refractivity contribution >= 4 is 5.97 Å². The number of aliphatic hydroxyl groups is 1. The molecule has 250 valence electrons. The SMILES string of the molecule is CC/C=C\C/C=C\C/C=C\C/C=C\CCCCCCCCCCCCC(=O)OC(CO)COCCCCCCCCCC. The molecule has 0 radical (unpaired) electrons. The molecule has 1 atom stereocenters. The number of unbranched alkanes of at least 4 members (excludes halogenated alkanes) is 17. The maximum absolute atomic E-state index is 12.1. The van der Waals surface area contributed by atoms with Gasteiger partial charge in [-0.1, -0.05) is 159 Å². The Kier molecular flexibility index (Phi) is 35.1. The standard InChI is InChI=1S/C39H70O4/c1-3-5-7-9-11-13-14-15-16-17-18-19-20-21-22-23-24-25-26-27-28-30-32-34-39(41)43-38(36-40)37-42-35-33-31-29-12-10-8-6-4-2/h5,7,11,13,15-16,18-19,38,40H,3-4,6,8-10,12,14,17,20-37H2,1-2H3/b7-5-,13-11-,16-15-,19-18-. The molecule has 4 heteroatoms. The highest BCUT2D eigenvalue weighted by Crippen LogP contribution is 2.13. The van der Waals surface area contributed by atoms with E-state index in [0.29, 0.717) is 19.6 Å². The normalized spacial score (nSPS) is 12.9. The lowest BCUT2D eigenvalue weighted by molar-refractivity contribution is -0.154. The molecule has 1 N–H and O–H groups in total. The van der Waals surface area contributed by atoms with E-state index in [0.717, 1.165) is 44.9 Å². The van der Waals surface area contributed by atoms with Gasteiger partial charge in [0.2, 0.25) is 0 Å². The first-order valence-electron chi connectivity index (χ1n) is 18.2. The van der Waals surface area contributed by atoms with E-state index in [1.165, 1.54) is 103 Å². The highest BCUT2D eigenvalue weighted by molar-refractivity contribution is 5.69.